The van der Waals surface area contributed by atoms with E-state index < -0.39 is 49.5 Å². The third-order valence-electron chi connectivity index (χ3n) is 17.3. The molecule has 0 aromatic rings. The molecule has 0 saturated carbocycles. The molecule has 0 bridgehead atoms. The second-order valence-electron chi connectivity index (χ2n) is 25.0. The van der Waals surface area contributed by atoms with Gasteiger partial charge in [0.1, 0.15) is 24.4 Å². The number of ether oxygens (including phenoxy) is 2. The minimum atomic E-state index is -1.57. The SMILES string of the molecule is CCCCCCCCCCCCCCCCCCCCCC/C=C/CC/C=C/C(O)C(COC1OC(CO)C(O)C(O)C1O)NC(=O)CCCCCCCCCCCCCCCCCCCCCCCCCCCCCCCCC. The van der Waals surface area contributed by atoms with Gasteiger partial charge in [-0.05, 0) is 32.1 Å². The van der Waals surface area contributed by atoms with E-state index in [0.29, 0.717) is 6.42 Å². The van der Waals surface area contributed by atoms with Crippen molar-refractivity contribution in [2.75, 3.05) is 13.2 Å². The van der Waals surface area contributed by atoms with Crippen LogP contribution in [0.2, 0.25) is 0 Å². The van der Waals surface area contributed by atoms with Gasteiger partial charge in [-0.25, -0.2) is 0 Å². The van der Waals surface area contributed by atoms with E-state index in [0.717, 1.165) is 38.5 Å². The van der Waals surface area contributed by atoms with Gasteiger partial charge in [-0.3, -0.25) is 4.79 Å². The molecule has 7 unspecified atom stereocenters. The highest BCUT2D eigenvalue weighted by Crippen LogP contribution is 2.24. The molecule has 0 radical (unpaired) electrons. The fraction of sp³-hybridized carbons (Fsp3) is 0.930. The molecule has 0 spiro atoms. The van der Waals surface area contributed by atoms with Gasteiger partial charge in [-0.15, -0.1) is 0 Å². The minimum Gasteiger partial charge on any atom is -0.394 e. The summed E-state index contributed by atoms with van der Waals surface area (Å²) in [5, 5.41) is 54.7. The Hall–Kier alpha value is -1.33. The van der Waals surface area contributed by atoms with Crippen LogP contribution in [0.25, 0.3) is 0 Å². The first-order valence-electron chi connectivity index (χ1n) is 35.6. The Balaban J connectivity index is 2.12. The van der Waals surface area contributed by atoms with Crippen LogP contribution >= 0.6 is 0 Å². The Kier molecular flexibility index (Phi) is 58.3. The van der Waals surface area contributed by atoms with Crippen molar-refractivity contribution < 1.29 is 39.8 Å². The predicted molar refractivity (Wildman–Crippen MR) is 341 cm³/mol. The maximum atomic E-state index is 13.1. The molecule has 0 aromatic heterocycles. The number of carbonyl (C=O) groups excluding carboxylic acids is 1. The Morgan fingerprint density at radius 3 is 1.05 bits per heavy atom. The Morgan fingerprint density at radius 1 is 0.412 bits per heavy atom. The maximum Gasteiger partial charge on any atom is 0.220 e. The molecule has 0 aromatic carbocycles. The van der Waals surface area contributed by atoms with Crippen LogP contribution in [0.15, 0.2) is 24.3 Å². The average Bonchev–Trinajstić information content (AvgIpc) is 3.46. The van der Waals surface area contributed by atoms with Gasteiger partial charge in [-0.2, -0.15) is 0 Å². The summed E-state index contributed by atoms with van der Waals surface area (Å²) in [6.45, 7) is 3.83. The summed E-state index contributed by atoms with van der Waals surface area (Å²) in [6.07, 6.45) is 73.0. The molecule has 1 rings (SSSR count). The van der Waals surface area contributed by atoms with Gasteiger partial charge in [0, 0.05) is 6.42 Å². The van der Waals surface area contributed by atoms with Crippen LogP contribution in [0, 0.1) is 0 Å². The Morgan fingerprint density at radius 2 is 0.713 bits per heavy atom. The average molecular weight is 1130 g/mol. The van der Waals surface area contributed by atoms with Crippen LogP contribution in [0.4, 0.5) is 0 Å². The van der Waals surface area contributed by atoms with Gasteiger partial charge < -0.3 is 40.3 Å². The maximum absolute atomic E-state index is 13.1. The van der Waals surface area contributed by atoms with Crippen LogP contribution in [0.3, 0.4) is 0 Å². The van der Waals surface area contributed by atoms with Crippen molar-refractivity contribution in [3.05, 3.63) is 24.3 Å². The summed E-state index contributed by atoms with van der Waals surface area (Å²) in [4.78, 5) is 13.1. The second kappa shape index (κ2) is 60.8. The van der Waals surface area contributed by atoms with Crippen LogP contribution in [-0.2, 0) is 14.3 Å². The first-order valence-corrected chi connectivity index (χ1v) is 35.6. The van der Waals surface area contributed by atoms with Crippen LogP contribution < -0.4 is 5.32 Å². The molecule has 1 aliphatic rings. The van der Waals surface area contributed by atoms with Gasteiger partial charge in [0.05, 0.1) is 25.4 Å². The second-order valence-corrected chi connectivity index (χ2v) is 25.0. The Labute approximate surface area is 496 Å². The van der Waals surface area contributed by atoms with E-state index in [1.807, 2.05) is 6.08 Å². The quantitative estimate of drug-likeness (QED) is 0.0261. The van der Waals surface area contributed by atoms with E-state index in [1.165, 1.54) is 308 Å². The summed E-state index contributed by atoms with van der Waals surface area (Å²) >= 11 is 0. The third kappa shape index (κ3) is 49.0. The molecular formula is C71H137NO8. The van der Waals surface area contributed by atoms with Crippen molar-refractivity contribution in [3.63, 3.8) is 0 Å². The lowest BCUT2D eigenvalue weighted by Gasteiger charge is -2.40. The zero-order valence-electron chi connectivity index (χ0n) is 53.1. The summed E-state index contributed by atoms with van der Waals surface area (Å²) in [6, 6.07) is -0.820. The number of hydrogen-bond acceptors (Lipinski definition) is 8. The molecule has 1 heterocycles. The van der Waals surface area contributed by atoms with E-state index in [-0.39, 0.29) is 12.5 Å². The molecule has 0 aliphatic carbocycles. The summed E-state index contributed by atoms with van der Waals surface area (Å²) < 4.78 is 11.3. The van der Waals surface area contributed by atoms with E-state index in [9.17, 15) is 30.3 Å². The van der Waals surface area contributed by atoms with Crippen molar-refractivity contribution in [2.45, 2.75) is 410 Å². The molecule has 1 amide bonds. The zero-order chi connectivity index (χ0) is 57.9. The first kappa shape index (κ1) is 76.7. The molecule has 9 nitrogen and oxygen atoms in total. The van der Waals surface area contributed by atoms with E-state index >= 15 is 0 Å². The summed E-state index contributed by atoms with van der Waals surface area (Å²) in [5.74, 6) is -0.178. The van der Waals surface area contributed by atoms with Gasteiger partial charge in [0.25, 0.3) is 0 Å². The van der Waals surface area contributed by atoms with Gasteiger partial charge >= 0.3 is 0 Å². The number of hydrogen-bond donors (Lipinski definition) is 6. The van der Waals surface area contributed by atoms with Gasteiger partial charge in [0.2, 0.25) is 5.91 Å². The fourth-order valence-corrected chi connectivity index (χ4v) is 11.7. The largest absolute Gasteiger partial charge is 0.394 e. The van der Waals surface area contributed by atoms with Crippen LogP contribution in [-0.4, -0.2) is 87.5 Å². The predicted octanol–water partition coefficient (Wildman–Crippen LogP) is 19.3. The lowest BCUT2D eigenvalue weighted by molar-refractivity contribution is -0.302. The first-order chi connectivity index (χ1) is 39.3. The van der Waals surface area contributed by atoms with Crippen LogP contribution in [0.1, 0.15) is 367 Å². The third-order valence-corrected chi connectivity index (χ3v) is 17.3. The monoisotopic (exact) mass is 1130 g/mol. The Bertz CT molecular complexity index is 1310. The number of rotatable bonds is 63. The lowest BCUT2D eigenvalue weighted by Crippen LogP contribution is -2.60. The smallest absolute Gasteiger partial charge is 0.220 e. The van der Waals surface area contributed by atoms with E-state index in [2.05, 4.69) is 31.3 Å². The summed E-state index contributed by atoms with van der Waals surface area (Å²) in [5.41, 5.74) is 0. The highest BCUT2D eigenvalue weighted by molar-refractivity contribution is 5.76. The fourth-order valence-electron chi connectivity index (χ4n) is 11.7. The standard InChI is InChI=1S/C71H137NO8/c1-3-5-7-9-11-13-15-17-19-21-23-25-27-29-31-32-33-34-35-37-39-41-43-45-47-49-51-53-55-57-59-61-67(75)72-64(63-79-71-70(78)69(77)68(76)66(62-73)80-71)65(74)60-58-56-54-52-50-48-46-44-42-40-38-36-30-28-26-24-22-20-18-16-14-12-10-8-6-4-2/h50,52,58,60,64-66,68-71,73-74,76-78H,3-49,51,53-57,59,61-63H2,1-2H3,(H,72,75)/b52-50+,60-58+. The highest BCUT2D eigenvalue weighted by Gasteiger charge is 2.44. The number of aliphatic hydroxyl groups is 5. The van der Waals surface area contributed by atoms with Gasteiger partial charge in [0.15, 0.2) is 6.29 Å². The van der Waals surface area contributed by atoms with Crippen molar-refractivity contribution in [3.8, 4) is 0 Å². The molecule has 7 atom stereocenters. The number of nitrogens with one attached hydrogen (secondary N) is 1. The van der Waals surface area contributed by atoms with Gasteiger partial charge in [-0.1, -0.05) is 353 Å². The number of amides is 1. The number of carbonyl (C=O) groups is 1. The molecule has 80 heavy (non-hydrogen) atoms. The van der Waals surface area contributed by atoms with Crippen molar-refractivity contribution >= 4 is 5.91 Å². The molecule has 9 heteroatoms. The number of allylic oxidation sites excluding steroid dienone is 3. The highest BCUT2D eigenvalue weighted by atomic mass is 16.7. The van der Waals surface area contributed by atoms with E-state index in [4.69, 9.17) is 9.47 Å². The lowest BCUT2D eigenvalue weighted by atomic mass is 9.99. The molecular weight excluding hydrogens is 995 g/mol. The minimum absolute atomic E-state index is 0.178. The van der Waals surface area contributed by atoms with Crippen LogP contribution in [0.5, 0.6) is 0 Å². The van der Waals surface area contributed by atoms with Crippen molar-refractivity contribution in [2.24, 2.45) is 0 Å². The molecule has 1 fully saturated rings. The number of aliphatic hydroxyl groups excluding tert-OH is 5. The van der Waals surface area contributed by atoms with Crippen molar-refractivity contribution in [1.82, 2.24) is 5.32 Å². The molecule has 1 aliphatic heterocycles. The molecule has 474 valence electrons. The number of unbranched alkanes of at least 4 members (excludes halogenated alkanes) is 51. The zero-order valence-corrected chi connectivity index (χ0v) is 53.1. The summed E-state index contributed by atoms with van der Waals surface area (Å²) in [7, 11) is 0. The van der Waals surface area contributed by atoms with E-state index in [1.54, 1.807) is 6.08 Å². The normalized spacial score (nSPS) is 18.5. The molecule has 1 saturated heterocycles. The molecule has 6 N–H and O–H groups in total. The topological polar surface area (TPSA) is 149 Å². The van der Waals surface area contributed by atoms with Crippen molar-refractivity contribution in [1.29, 1.82) is 0 Å².